The van der Waals surface area contributed by atoms with Gasteiger partial charge in [0.1, 0.15) is 0 Å². The van der Waals surface area contributed by atoms with Crippen LogP contribution in [0.15, 0.2) is 9.47 Å². The summed E-state index contributed by atoms with van der Waals surface area (Å²) < 4.78 is 13.5. The van der Waals surface area contributed by atoms with Crippen molar-refractivity contribution in [2.45, 2.75) is 89.6 Å². The normalized spacial score (nSPS) is 35.0. The third-order valence-electron chi connectivity index (χ3n) is 4.73. The maximum atomic E-state index is 6.25. The van der Waals surface area contributed by atoms with Crippen molar-refractivity contribution in [1.82, 2.24) is 0 Å². The first-order valence-corrected chi connectivity index (χ1v) is 9.96. The van der Waals surface area contributed by atoms with Crippen LogP contribution >= 0.6 is 31.9 Å². The lowest BCUT2D eigenvalue weighted by Crippen LogP contribution is -2.25. The lowest BCUT2D eigenvalue weighted by molar-refractivity contribution is -0.189. The third-order valence-corrected chi connectivity index (χ3v) is 5.37. The molecule has 2 fully saturated rings. The number of ether oxygens (including phenoxy) is 2. The van der Waals surface area contributed by atoms with Crippen LogP contribution < -0.4 is 0 Å². The van der Waals surface area contributed by atoms with Crippen LogP contribution in [0.4, 0.5) is 0 Å². The molecule has 0 aromatic heterocycles. The van der Waals surface area contributed by atoms with Crippen molar-refractivity contribution in [3.8, 4) is 0 Å². The maximum Gasteiger partial charge on any atom is 0.158 e. The Labute approximate surface area is 146 Å². The Morgan fingerprint density at radius 3 is 2.71 bits per heavy atom. The molecule has 0 amide bonds. The van der Waals surface area contributed by atoms with E-state index in [9.17, 15) is 0 Å². The van der Waals surface area contributed by atoms with Gasteiger partial charge in [0.25, 0.3) is 0 Å². The van der Waals surface area contributed by atoms with E-state index in [0.717, 1.165) is 22.7 Å². The summed E-state index contributed by atoms with van der Waals surface area (Å²) >= 11 is 6.86. The van der Waals surface area contributed by atoms with Gasteiger partial charge < -0.3 is 9.47 Å². The van der Waals surface area contributed by atoms with Gasteiger partial charge in [-0.3, -0.25) is 0 Å². The highest BCUT2D eigenvalue weighted by molar-refractivity contribution is 9.28. The van der Waals surface area contributed by atoms with Crippen LogP contribution in [0.3, 0.4) is 0 Å². The second-order valence-corrected chi connectivity index (χ2v) is 9.46. The quantitative estimate of drug-likeness (QED) is 0.427. The van der Waals surface area contributed by atoms with Crippen molar-refractivity contribution in [2.24, 2.45) is 5.92 Å². The average Bonchev–Trinajstić information content (AvgIpc) is 3.06. The molecule has 2 nitrogen and oxygen atoms in total. The predicted octanol–water partition coefficient (Wildman–Crippen LogP) is 6.28. The van der Waals surface area contributed by atoms with Crippen LogP contribution in [0.1, 0.15) is 71.6 Å². The SMILES string of the molecule is CCCCCCC[C@@H]1O[C@H](CC=C(Br)Br)C[C@@H]2C[C@]2(C)O1. The van der Waals surface area contributed by atoms with Crippen LogP contribution in [0, 0.1) is 5.92 Å². The molecule has 2 aliphatic rings. The lowest BCUT2D eigenvalue weighted by Gasteiger charge is -2.24. The second-order valence-electron chi connectivity index (χ2n) is 6.69. The average molecular weight is 424 g/mol. The van der Waals surface area contributed by atoms with E-state index >= 15 is 0 Å². The molecule has 0 unspecified atom stereocenters. The van der Waals surface area contributed by atoms with Crippen LogP contribution in [-0.2, 0) is 9.47 Å². The van der Waals surface area contributed by atoms with Crippen molar-refractivity contribution in [3.05, 3.63) is 9.47 Å². The first-order valence-electron chi connectivity index (χ1n) is 8.38. The molecule has 0 aromatic carbocycles. The van der Waals surface area contributed by atoms with Crippen molar-refractivity contribution < 1.29 is 9.47 Å². The molecule has 4 heteroatoms. The highest BCUT2D eigenvalue weighted by atomic mass is 79.9. The van der Waals surface area contributed by atoms with E-state index in [0.29, 0.717) is 12.0 Å². The fourth-order valence-electron chi connectivity index (χ4n) is 3.24. The molecule has 1 heterocycles. The summed E-state index contributed by atoms with van der Waals surface area (Å²) in [7, 11) is 0. The molecule has 0 N–H and O–H groups in total. The zero-order chi connectivity index (χ0) is 15.3. The minimum Gasteiger partial charge on any atom is -0.349 e. The van der Waals surface area contributed by atoms with Gasteiger partial charge in [0.15, 0.2) is 6.29 Å². The number of hydrogen-bond acceptors (Lipinski definition) is 2. The molecule has 122 valence electrons. The Kier molecular flexibility index (Phi) is 7.24. The van der Waals surface area contributed by atoms with E-state index in [1.54, 1.807) is 0 Å². The van der Waals surface area contributed by atoms with E-state index in [4.69, 9.17) is 9.47 Å². The van der Waals surface area contributed by atoms with E-state index in [1.807, 2.05) is 0 Å². The lowest BCUT2D eigenvalue weighted by atomic mass is 10.1. The van der Waals surface area contributed by atoms with Gasteiger partial charge in [-0.25, -0.2) is 0 Å². The molecular weight excluding hydrogens is 396 g/mol. The van der Waals surface area contributed by atoms with Gasteiger partial charge >= 0.3 is 0 Å². The minimum atomic E-state index is -0.00312. The number of hydrogen-bond donors (Lipinski definition) is 0. The van der Waals surface area contributed by atoms with Crippen LogP contribution in [0.5, 0.6) is 0 Å². The van der Waals surface area contributed by atoms with Crippen LogP contribution in [0.25, 0.3) is 0 Å². The van der Waals surface area contributed by atoms with E-state index in [-0.39, 0.29) is 11.9 Å². The topological polar surface area (TPSA) is 18.5 Å². The van der Waals surface area contributed by atoms with Gasteiger partial charge in [-0.15, -0.1) is 0 Å². The fraction of sp³-hybridized carbons (Fsp3) is 0.882. The smallest absolute Gasteiger partial charge is 0.158 e. The summed E-state index contributed by atoms with van der Waals surface area (Å²) in [5.41, 5.74) is 0.0954. The Morgan fingerprint density at radius 2 is 2.00 bits per heavy atom. The molecule has 0 bridgehead atoms. The number of rotatable bonds is 8. The molecule has 0 radical (unpaired) electrons. The summed E-state index contributed by atoms with van der Waals surface area (Å²) in [4.78, 5) is 0. The first-order chi connectivity index (χ1) is 10.0. The predicted molar refractivity (Wildman–Crippen MR) is 94.8 cm³/mol. The van der Waals surface area contributed by atoms with Gasteiger partial charge in [0.05, 0.1) is 15.1 Å². The summed E-state index contributed by atoms with van der Waals surface area (Å²) in [5, 5.41) is 0. The molecule has 1 aliphatic heterocycles. The van der Waals surface area contributed by atoms with Crippen molar-refractivity contribution in [1.29, 1.82) is 0 Å². The summed E-state index contributed by atoms with van der Waals surface area (Å²) in [6.07, 6.45) is 13.3. The van der Waals surface area contributed by atoms with Gasteiger partial charge in [-0.1, -0.05) is 38.7 Å². The van der Waals surface area contributed by atoms with Gasteiger partial charge in [-0.2, -0.15) is 0 Å². The van der Waals surface area contributed by atoms with Gasteiger partial charge in [0, 0.05) is 0 Å². The first kappa shape index (κ1) is 18.0. The third kappa shape index (κ3) is 5.96. The largest absolute Gasteiger partial charge is 0.349 e. The molecule has 4 atom stereocenters. The second kappa shape index (κ2) is 8.47. The van der Waals surface area contributed by atoms with Crippen LogP contribution in [0.2, 0.25) is 0 Å². The van der Waals surface area contributed by atoms with E-state index < -0.39 is 0 Å². The molecule has 0 spiro atoms. The monoisotopic (exact) mass is 422 g/mol. The van der Waals surface area contributed by atoms with E-state index in [1.165, 1.54) is 38.5 Å². The Hall–Kier alpha value is 0.620. The fourth-order valence-corrected chi connectivity index (χ4v) is 3.61. The van der Waals surface area contributed by atoms with E-state index in [2.05, 4.69) is 51.8 Å². The van der Waals surface area contributed by atoms with Gasteiger partial charge in [-0.05, 0) is 76.8 Å². The zero-order valence-corrected chi connectivity index (χ0v) is 16.4. The Balaban J connectivity index is 1.79. The van der Waals surface area contributed by atoms with Gasteiger partial charge in [0.2, 0.25) is 0 Å². The summed E-state index contributed by atoms with van der Waals surface area (Å²) in [6.45, 7) is 4.51. The molecule has 1 aliphatic carbocycles. The molecule has 21 heavy (non-hydrogen) atoms. The number of fused-ring (bicyclic) bond motifs is 1. The van der Waals surface area contributed by atoms with Crippen molar-refractivity contribution in [2.75, 3.05) is 0 Å². The molecule has 1 saturated carbocycles. The standard InChI is InChI=1S/C17H28Br2O2/c1-3-4-5-6-7-8-16-20-14(9-10-15(18)19)11-13-12-17(13,2)21-16/h10,13-14,16H,3-9,11-12H2,1-2H3/t13-,14-,16-,17+/m1/s1. The van der Waals surface area contributed by atoms with Crippen molar-refractivity contribution in [3.63, 3.8) is 0 Å². The van der Waals surface area contributed by atoms with Crippen LogP contribution in [-0.4, -0.2) is 18.0 Å². The highest BCUT2D eigenvalue weighted by Crippen LogP contribution is 2.53. The maximum absolute atomic E-state index is 6.25. The molecule has 0 aromatic rings. The molecular formula is C17H28Br2O2. The summed E-state index contributed by atoms with van der Waals surface area (Å²) in [5.74, 6) is 0.690. The highest BCUT2D eigenvalue weighted by Gasteiger charge is 2.55. The Morgan fingerprint density at radius 1 is 1.24 bits per heavy atom. The minimum absolute atomic E-state index is 0.00312. The number of halogens is 2. The zero-order valence-electron chi connectivity index (χ0n) is 13.2. The van der Waals surface area contributed by atoms with Crippen molar-refractivity contribution >= 4 is 31.9 Å². The summed E-state index contributed by atoms with van der Waals surface area (Å²) in [6, 6.07) is 0. The Bertz CT molecular complexity index is 355. The number of unbranched alkanes of at least 4 members (excludes halogenated alkanes) is 4. The molecule has 2 rings (SSSR count). The molecule has 1 saturated heterocycles.